The van der Waals surface area contributed by atoms with Crippen LogP contribution in [0.25, 0.3) is 0 Å². The van der Waals surface area contributed by atoms with E-state index in [9.17, 15) is 4.39 Å². The molecule has 17 heavy (non-hydrogen) atoms. The van der Waals surface area contributed by atoms with Gasteiger partial charge in [-0.25, -0.2) is 4.39 Å². The molecule has 2 aromatic carbocycles. The largest absolute Gasteiger partial charge is 0.396 e. The summed E-state index contributed by atoms with van der Waals surface area (Å²) in [6.07, 6.45) is 0. The van der Waals surface area contributed by atoms with E-state index < -0.39 is 5.82 Å². The van der Waals surface area contributed by atoms with Crippen LogP contribution < -0.4 is 11.1 Å². The van der Waals surface area contributed by atoms with Crippen LogP contribution in [0.5, 0.6) is 0 Å². The number of anilines is 3. The Labute approximate surface area is 100 Å². The Morgan fingerprint density at radius 2 is 1.59 bits per heavy atom. The third kappa shape index (κ3) is 2.75. The molecule has 0 atom stereocenters. The van der Waals surface area contributed by atoms with Gasteiger partial charge in [-0.05, 0) is 55.3 Å². The highest BCUT2D eigenvalue weighted by Gasteiger charge is 2.01. The van der Waals surface area contributed by atoms with Crippen LogP contribution in [0, 0.1) is 19.7 Å². The molecule has 0 aliphatic heterocycles. The second-order valence-corrected chi connectivity index (χ2v) is 4.24. The predicted octanol–water partition coefficient (Wildman–Crippen LogP) is 3.77. The molecule has 88 valence electrons. The maximum atomic E-state index is 13.3. The number of nitrogens with two attached hydrogens (primary N) is 1. The van der Waals surface area contributed by atoms with Gasteiger partial charge in [-0.1, -0.05) is 6.07 Å². The van der Waals surface area contributed by atoms with Crippen molar-refractivity contribution < 1.29 is 4.39 Å². The monoisotopic (exact) mass is 230 g/mol. The van der Waals surface area contributed by atoms with Crippen molar-refractivity contribution in [3.05, 3.63) is 53.3 Å². The van der Waals surface area contributed by atoms with Crippen LogP contribution in [-0.2, 0) is 0 Å². The minimum Gasteiger partial charge on any atom is -0.396 e. The Bertz CT molecular complexity index is 530. The zero-order chi connectivity index (χ0) is 12.4. The molecule has 0 saturated carbocycles. The molecule has 0 aliphatic carbocycles. The number of rotatable bonds is 2. The standard InChI is InChI=1S/C14H15FN2/c1-9-5-10(2)7-12(6-9)17-11-3-4-14(16)13(15)8-11/h3-8,17H,16H2,1-2H3. The van der Waals surface area contributed by atoms with Crippen LogP contribution in [0.15, 0.2) is 36.4 Å². The summed E-state index contributed by atoms with van der Waals surface area (Å²) in [7, 11) is 0. The minimum absolute atomic E-state index is 0.163. The average molecular weight is 230 g/mol. The van der Waals surface area contributed by atoms with Gasteiger partial charge in [0.1, 0.15) is 5.82 Å². The van der Waals surface area contributed by atoms with E-state index in [1.54, 1.807) is 12.1 Å². The van der Waals surface area contributed by atoms with Crippen molar-refractivity contribution >= 4 is 17.1 Å². The molecule has 0 aromatic heterocycles. The lowest BCUT2D eigenvalue weighted by atomic mass is 10.1. The van der Waals surface area contributed by atoms with Gasteiger partial charge < -0.3 is 11.1 Å². The van der Waals surface area contributed by atoms with E-state index in [-0.39, 0.29) is 5.69 Å². The van der Waals surface area contributed by atoms with Gasteiger partial charge in [0.2, 0.25) is 0 Å². The number of halogens is 1. The number of hydrogen-bond donors (Lipinski definition) is 2. The highest BCUT2D eigenvalue weighted by Crippen LogP contribution is 2.22. The van der Waals surface area contributed by atoms with E-state index in [2.05, 4.69) is 11.4 Å². The van der Waals surface area contributed by atoms with Gasteiger partial charge in [0, 0.05) is 11.4 Å². The van der Waals surface area contributed by atoms with Crippen LogP contribution in [0.2, 0.25) is 0 Å². The van der Waals surface area contributed by atoms with Crippen molar-refractivity contribution in [1.82, 2.24) is 0 Å². The summed E-state index contributed by atoms with van der Waals surface area (Å²) in [5.74, 6) is -0.403. The molecule has 0 saturated heterocycles. The fourth-order valence-electron chi connectivity index (χ4n) is 1.82. The summed E-state index contributed by atoms with van der Waals surface area (Å²) < 4.78 is 13.3. The van der Waals surface area contributed by atoms with Crippen molar-refractivity contribution in [2.75, 3.05) is 11.1 Å². The fourth-order valence-corrected chi connectivity index (χ4v) is 1.82. The zero-order valence-electron chi connectivity index (χ0n) is 9.92. The van der Waals surface area contributed by atoms with E-state index in [0.717, 1.165) is 5.69 Å². The molecule has 0 amide bonds. The lowest BCUT2D eigenvalue weighted by Gasteiger charge is -2.09. The van der Waals surface area contributed by atoms with Crippen LogP contribution in [0.4, 0.5) is 21.5 Å². The van der Waals surface area contributed by atoms with Gasteiger partial charge in [-0.3, -0.25) is 0 Å². The quantitative estimate of drug-likeness (QED) is 0.771. The van der Waals surface area contributed by atoms with Crippen molar-refractivity contribution in [3.63, 3.8) is 0 Å². The summed E-state index contributed by atoms with van der Waals surface area (Å²) in [5.41, 5.74) is 9.58. The number of benzene rings is 2. The first-order valence-corrected chi connectivity index (χ1v) is 5.45. The third-order valence-corrected chi connectivity index (χ3v) is 2.51. The molecule has 2 nitrogen and oxygen atoms in total. The van der Waals surface area contributed by atoms with E-state index in [1.807, 2.05) is 26.0 Å². The second kappa shape index (κ2) is 4.45. The van der Waals surface area contributed by atoms with Crippen molar-refractivity contribution in [3.8, 4) is 0 Å². The van der Waals surface area contributed by atoms with Gasteiger partial charge in [0.05, 0.1) is 5.69 Å². The lowest BCUT2D eigenvalue weighted by molar-refractivity contribution is 0.633. The first-order chi connectivity index (χ1) is 8.04. The highest BCUT2D eigenvalue weighted by atomic mass is 19.1. The third-order valence-electron chi connectivity index (χ3n) is 2.51. The molecule has 0 aliphatic rings. The van der Waals surface area contributed by atoms with Crippen molar-refractivity contribution in [2.45, 2.75) is 13.8 Å². The number of aryl methyl sites for hydroxylation is 2. The molecule has 0 unspecified atom stereocenters. The molecular formula is C14H15FN2. The minimum atomic E-state index is -0.403. The summed E-state index contributed by atoms with van der Waals surface area (Å²) in [6.45, 7) is 4.06. The van der Waals surface area contributed by atoms with E-state index in [0.29, 0.717) is 5.69 Å². The van der Waals surface area contributed by atoms with Gasteiger partial charge in [0.25, 0.3) is 0 Å². The summed E-state index contributed by atoms with van der Waals surface area (Å²) in [6, 6.07) is 10.8. The van der Waals surface area contributed by atoms with Crippen molar-refractivity contribution in [1.29, 1.82) is 0 Å². The Morgan fingerprint density at radius 3 is 2.18 bits per heavy atom. The maximum Gasteiger partial charge on any atom is 0.148 e. The summed E-state index contributed by atoms with van der Waals surface area (Å²) in [4.78, 5) is 0. The molecule has 3 heteroatoms. The Hall–Kier alpha value is -2.03. The fraction of sp³-hybridized carbons (Fsp3) is 0.143. The highest BCUT2D eigenvalue weighted by molar-refractivity contribution is 5.63. The second-order valence-electron chi connectivity index (χ2n) is 4.24. The van der Waals surface area contributed by atoms with Crippen LogP contribution in [-0.4, -0.2) is 0 Å². The van der Waals surface area contributed by atoms with E-state index in [4.69, 9.17) is 5.73 Å². The SMILES string of the molecule is Cc1cc(C)cc(Nc2ccc(N)c(F)c2)c1. The predicted molar refractivity (Wildman–Crippen MR) is 70.0 cm³/mol. The number of nitrogens with one attached hydrogen (secondary N) is 1. The molecule has 3 N–H and O–H groups in total. The molecule has 2 rings (SSSR count). The molecular weight excluding hydrogens is 215 g/mol. The van der Waals surface area contributed by atoms with Crippen molar-refractivity contribution in [2.24, 2.45) is 0 Å². The smallest absolute Gasteiger partial charge is 0.148 e. The topological polar surface area (TPSA) is 38.0 Å². The molecule has 0 spiro atoms. The maximum absolute atomic E-state index is 13.3. The van der Waals surface area contributed by atoms with Crippen LogP contribution in [0.3, 0.4) is 0 Å². The Kier molecular flexibility index (Phi) is 3.00. The normalized spacial score (nSPS) is 10.3. The van der Waals surface area contributed by atoms with Gasteiger partial charge in [-0.2, -0.15) is 0 Å². The first-order valence-electron chi connectivity index (χ1n) is 5.45. The first kappa shape index (κ1) is 11.5. The van der Waals surface area contributed by atoms with Crippen LogP contribution in [0.1, 0.15) is 11.1 Å². The molecule has 0 fully saturated rings. The summed E-state index contributed by atoms with van der Waals surface area (Å²) in [5, 5.41) is 3.16. The molecule has 0 heterocycles. The Balaban J connectivity index is 2.28. The van der Waals surface area contributed by atoms with Gasteiger partial charge in [-0.15, -0.1) is 0 Å². The van der Waals surface area contributed by atoms with Crippen LogP contribution >= 0.6 is 0 Å². The number of hydrogen-bond acceptors (Lipinski definition) is 2. The van der Waals surface area contributed by atoms with Gasteiger partial charge in [0.15, 0.2) is 0 Å². The van der Waals surface area contributed by atoms with E-state index in [1.165, 1.54) is 17.2 Å². The number of nitrogen functional groups attached to an aromatic ring is 1. The zero-order valence-corrected chi connectivity index (χ0v) is 9.92. The molecule has 0 bridgehead atoms. The lowest BCUT2D eigenvalue weighted by Crippen LogP contribution is -1.95. The van der Waals surface area contributed by atoms with Gasteiger partial charge >= 0.3 is 0 Å². The summed E-state index contributed by atoms with van der Waals surface area (Å²) >= 11 is 0. The molecule has 0 radical (unpaired) electrons. The Morgan fingerprint density at radius 1 is 0.941 bits per heavy atom. The average Bonchev–Trinajstić information content (AvgIpc) is 2.22. The molecule has 2 aromatic rings. The van der Waals surface area contributed by atoms with E-state index >= 15 is 0 Å².